The van der Waals surface area contributed by atoms with Gasteiger partial charge < -0.3 is 11.1 Å². The maximum atomic E-state index is 11.6. The average molecular weight is 390 g/mol. The quantitative estimate of drug-likeness (QED) is 0.719. The highest BCUT2D eigenvalue weighted by molar-refractivity contribution is 6.04. The number of nitrogens with two attached hydrogens (primary N) is 1. The van der Waals surface area contributed by atoms with E-state index < -0.39 is 5.91 Å². The van der Waals surface area contributed by atoms with Crippen LogP contribution in [0, 0.1) is 5.41 Å². The van der Waals surface area contributed by atoms with Gasteiger partial charge in [-0.05, 0) is 68.1 Å². The molecule has 1 amide bonds. The number of carbonyl (C=O) groups excluding carboxylic acids is 1. The third-order valence-corrected chi connectivity index (χ3v) is 6.59. The molecule has 1 spiro atoms. The number of amides is 1. The SMILES string of the molecule is NC(=O)c1cccc2cn(-c3ccc(CN4CCC5(CCNCC5)C4)cc3)nc12. The van der Waals surface area contributed by atoms with Crippen molar-refractivity contribution in [2.24, 2.45) is 11.1 Å². The average Bonchev–Trinajstić information content (AvgIpc) is 3.33. The fourth-order valence-electron chi connectivity index (χ4n) is 4.92. The van der Waals surface area contributed by atoms with E-state index in [-0.39, 0.29) is 0 Å². The van der Waals surface area contributed by atoms with Gasteiger partial charge in [0.25, 0.3) is 5.91 Å². The Bertz CT molecular complexity index is 1030. The van der Waals surface area contributed by atoms with E-state index in [0.717, 1.165) is 30.7 Å². The molecular weight excluding hydrogens is 362 g/mol. The molecule has 3 N–H and O–H groups in total. The highest BCUT2D eigenvalue weighted by Gasteiger charge is 2.38. The molecule has 0 aliphatic carbocycles. The Balaban J connectivity index is 1.31. The van der Waals surface area contributed by atoms with E-state index >= 15 is 0 Å². The van der Waals surface area contributed by atoms with Gasteiger partial charge in [-0.3, -0.25) is 9.69 Å². The first kappa shape index (κ1) is 18.3. The first-order valence-corrected chi connectivity index (χ1v) is 10.4. The first-order chi connectivity index (χ1) is 14.1. The van der Waals surface area contributed by atoms with Crippen LogP contribution in [0.3, 0.4) is 0 Å². The lowest BCUT2D eigenvalue weighted by Crippen LogP contribution is -2.38. The summed E-state index contributed by atoms with van der Waals surface area (Å²) in [6.45, 7) is 5.75. The molecule has 2 aliphatic heterocycles. The highest BCUT2D eigenvalue weighted by Crippen LogP contribution is 2.39. The molecule has 2 aliphatic rings. The molecule has 5 rings (SSSR count). The topological polar surface area (TPSA) is 76.2 Å². The number of carbonyl (C=O) groups is 1. The van der Waals surface area contributed by atoms with E-state index in [4.69, 9.17) is 5.73 Å². The molecule has 6 heteroatoms. The van der Waals surface area contributed by atoms with Crippen molar-refractivity contribution in [2.75, 3.05) is 26.2 Å². The third kappa shape index (κ3) is 3.54. The van der Waals surface area contributed by atoms with E-state index in [0.29, 0.717) is 16.5 Å². The van der Waals surface area contributed by atoms with Crippen molar-refractivity contribution in [1.29, 1.82) is 0 Å². The molecule has 0 unspecified atom stereocenters. The molecule has 6 nitrogen and oxygen atoms in total. The number of benzene rings is 2. The van der Waals surface area contributed by atoms with Crippen LogP contribution in [0.2, 0.25) is 0 Å². The Morgan fingerprint density at radius 1 is 1.10 bits per heavy atom. The number of hydrogen-bond acceptors (Lipinski definition) is 4. The number of nitrogens with zero attached hydrogens (tertiary/aromatic N) is 3. The second-order valence-electron chi connectivity index (χ2n) is 8.56. The van der Waals surface area contributed by atoms with Crippen molar-refractivity contribution < 1.29 is 4.79 Å². The summed E-state index contributed by atoms with van der Waals surface area (Å²) < 4.78 is 1.82. The van der Waals surface area contributed by atoms with Crippen molar-refractivity contribution in [3.63, 3.8) is 0 Å². The summed E-state index contributed by atoms with van der Waals surface area (Å²) in [5, 5.41) is 8.99. The number of rotatable bonds is 4. The van der Waals surface area contributed by atoms with Crippen molar-refractivity contribution >= 4 is 16.8 Å². The van der Waals surface area contributed by atoms with Crippen LogP contribution in [0.25, 0.3) is 16.6 Å². The van der Waals surface area contributed by atoms with E-state index in [1.54, 1.807) is 6.07 Å². The largest absolute Gasteiger partial charge is 0.366 e. The molecule has 29 heavy (non-hydrogen) atoms. The highest BCUT2D eigenvalue weighted by atomic mass is 16.1. The Labute approximate surface area is 170 Å². The fourth-order valence-corrected chi connectivity index (χ4v) is 4.92. The standard InChI is InChI=1S/C23H27N5O/c24-22(29)20-3-1-2-18-15-28(26-21(18)20)19-6-4-17(5-7-19)14-27-13-10-23(16-27)8-11-25-12-9-23/h1-7,15,25H,8-14,16H2,(H2,24,29). The molecule has 150 valence electrons. The van der Waals surface area contributed by atoms with Crippen LogP contribution in [0.1, 0.15) is 35.2 Å². The van der Waals surface area contributed by atoms with Gasteiger partial charge in [0.1, 0.15) is 5.52 Å². The molecule has 3 aromatic rings. The number of piperidine rings is 1. The normalized spacial score (nSPS) is 19.2. The van der Waals surface area contributed by atoms with Crippen molar-refractivity contribution in [3.8, 4) is 5.69 Å². The van der Waals surface area contributed by atoms with Crippen LogP contribution >= 0.6 is 0 Å². The fraction of sp³-hybridized carbons (Fsp3) is 0.391. The van der Waals surface area contributed by atoms with Gasteiger partial charge in [0.05, 0.1) is 11.3 Å². The van der Waals surface area contributed by atoms with Crippen LogP contribution < -0.4 is 11.1 Å². The van der Waals surface area contributed by atoms with Gasteiger partial charge in [0, 0.05) is 24.7 Å². The van der Waals surface area contributed by atoms with Gasteiger partial charge in [0.2, 0.25) is 0 Å². The molecule has 2 fully saturated rings. The van der Waals surface area contributed by atoms with Gasteiger partial charge >= 0.3 is 0 Å². The summed E-state index contributed by atoms with van der Waals surface area (Å²) in [5.74, 6) is -0.451. The Morgan fingerprint density at radius 3 is 2.66 bits per heavy atom. The summed E-state index contributed by atoms with van der Waals surface area (Å²) in [6.07, 6.45) is 5.89. The summed E-state index contributed by atoms with van der Waals surface area (Å²) in [4.78, 5) is 14.2. The van der Waals surface area contributed by atoms with Crippen LogP contribution in [-0.4, -0.2) is 46.8 Å². The monoisotopic (exact) mass is 389 g/mol. The number of aromatic nitrogens is 2. The van der Waals surface area contributed by atoms with Crippen molar-refractivity contribution in [2.45, 2.75) is 25.8 Å². The molecule has 0 atom stereocenters. The predicted molar refractivity (Wildman–Crippen MR) is 114 cm³/mol. The summed E-state index contributed by atoms with van der Waals surface area (Å²) in [7, 11) is 0. The zero-order chi connectivity index (χ0) is 19.8. The lowest BCUT2D eigenvalue weighted by molar-refractivity contribution is 0.100. The van der Waals surface area contributed by atoms with Crippen LogP contribution in [0.15, 0.2) is 48.7 Å². The number of fused-ring (bicyclic) bond motifs is 1. The summed E-state index contributed by atoms with van der Waals surface area (Å²) in [6, 6.07) is 14.1. The Hall–Kier alpha value is -2.70. The van der Waals surface area contributed by atoms with Gasteiger partial charge in [-0.25, -0.2) is 4.68 Å². The molecule has 1 aromatic heterocycles. The molecule has 3 heterocycles. The van der Waals surface area contributed by atoms with E-state index in [1.165, 1.54) is 37.9 Å². The van der Waals surface area contributed by atoms with Crippen LogP contribution in [0.5, 0.6) is 0 Å². The smallest absolute Gasteiger partial charge is 0.250 e. The summed E-state index contributed by atoms with van der Waals surface area (Å²) in [5.41, 5.74) is 9.44. The lowest BCUT2D eigenvalue weighted by atomic mass is 9.78. The minimum Gasteiger partial charge on any atom is -0.366 e. The lowest BCUT2D eigenvalue weighted by Gasteiger charge is -2.33. The van der Waals surface area contributed by atoms with Crippen molar-refractivity contribution in [3.05, 3.63) is 59.8 Å². The van der Waals surface area contributed by atoms with Gasteiger partial charge in [0.15, 0.2) is 0 Å². The van der Waals surface area contributed by atoms with Crippen molar-refractivity contribution in [1.82, 2.24) is 20.0 Å². The third-order valence-electron chi connectivity index (χ3n) is 6.59. The van der Waals surface area contributed by atoms with Gasteiger partial charge in [-0.1, -0.05) is 24.3 Å². The number of nitrogens with one attached hydrogen (secondary N) is 1. The van der Waals surface area contributed by atoms with Crippen LogP contribution in [-0.2, 0) is 6.54 Å². The Morgan fingerprint density at radius 2 is 1.90 bits per heavy atom. The maximum Gasteiger partial charge on any atom is 0.250 e. The first-order valence-electron chi connectivity index (χ1n) is 10.4. The second-order valence-corrected chi connectivity index (χ2v) is 8.56. The molecule has 2 aromatic carbocycles. The Kier molecular flexibility index (Phi) is 4.60. The number of primary amides is 1. The predicted octanol–water partition coefficient (Wildman–Crippen LogP) is 2.70. The number of hydrogen-bond donors (Lipinski definition) is 2. The minimum absolute atomic E-state index is 0.451. The second kappa shape index (κ2) is 7.28. The zero-order valence-corrected chi connectivity index (χ0v) is 16.6. The van der Waals surface area contributed by atoms with Gasteiger partial charge in [-0.15, -0.1) is 0 Å². The van der Waals surface area contributed by atoms with Crippen LogP contribution in [0.4, 0.5) is 0 Å². The minimum atomic E-state index is -0.451. The molecule has 0 bridgehead atoms. The van der Waals surface area contributed by atoms with Gasteiger partial charge in [-0.2, -0.15) is 5.10 Å². The maximum absolute atomic E-state index is 11.6. The summed E-state index contributed by atoms with van der Waals surface area (Å²) >= 11 is 0. The molecule has 2 saturated heterocycles. The molecular formula is C23H27N5O. The van der Waals surface area contributed by atoms with E-state index in [2.05, 4.69) is 39.6 Å². The molecule has 0 radical (unpaired) electrons. The molecule has 0 saturated carbocycles. The van der Waals surface area contributed by atoms with E-state index in [1.807, 2.05) is 23.0 Å². The number of likely N-dealkylation sites (tertiary alicyclic amines) is 1. The zero-order valence-electron chi connectivity index (χ0n) is 16.6. The van der Waals surface area contributed by atoms with E-state index in [9.17, 15) is 4.79 Å².